The number of rotatable bonds is 6. The Kier molecular flexibility index (Phi) is 6.72. The second kappa shape index (κ2) is 7.24. The molecule has 0 saturated heterocycles. The van der Waals surface area contributed by atoms with Crippen LogP contribution in [0.1, 0.15) is 26.7 Å². The molecular formula is C11H20N2O2. The van der Waals surface area contributed by atoms with Crippen LogP contribution in [0, 0.1) is 17.2 Å². The fourth-order valence-electron chi connectivity index (χ4n) is 1.57. The molecule has 0 fully saturated rings. The van der Waals surface area contributed by atoms with E-state index in [-0.39, 0.29) is 17.9 Å². The lowest BCUT2D eigenvalue weighted by Gasteiger charge is -2.26. The van der Waals surface area contributed by atoms with Crippen LogP contribution < -0.4 is 0 Å². The quantitative estimate of drug-likeness (QED) is 0.625. The van der Waals surface area contributed by atoms with Crippen LogP contribution in [0.25, 0.3) is 0 Å². The van der Waals surface area contributed by atoms with E-state index in [0.29, 0.717) is 13.0 Å². The Morgan fingerprint density at radius 3 is 2.60 bits per heavy atom. The van der Waals surface area contributed by atoms with E-state index in [0.717, 1.165) is 6.42 Å². The Hall–Kier alpha value is -1.08. The summed E-state index contributed by atoms with van der Waals surface area (Å²) in [5.41, 5.74) is 0. The van der Waals surface area contributed by atoms with E-state index in [4.69, 9.17) is 5.26 Å². The molecule has 0 aliphatic rings. The van der Waals surface area contributed by atoms with E-state index >= 15 is 0 Å². The number of nitrogens with zero attached hydrogens (tertiary/aromatic N) is 2. The van der Waals surface area contributed by atoms with Gasteiger partial charge in [0.15, 0.2) is 0 Å². The highest BCUT2D eigenvalue weighted by atomic mass is 16.5. The topological polar surface area (TPSA) is 53.3 Å². The van der Waals surface area contributed by atoms with Gasteiger partial charge in [0.2, 0.25) is 0 Å². The maximum atomic E-state index is 11.2. The highest BCUT2D eigenvalue weighted by Crippen LogP contribution is 2.09. The molecule has 4 heteroatoms. The predicted molar refractivity (Wildman–Crippen MR) is 58.1 cm³/mol. The molecule has 0 spiro atoms. The summed E-state index contributed by atoms with van der Waals surface area (Å²) in [5.74, 6) is -0.346. The number of methoxy groups -OCH3 is 1. The third-order valence-corrected chi connectivity index (χ3v) is 2.59. The summed E-state index contributed by atoms with van der Waals surface area (Å²) >= 11 is 0. The largest absolute Gasteiger partial charge is 0.469 e. The second-order valence-corrected chi connectivity index (χ2v) is 3.79. The van der Waals surface area contributed by atoms with Crippen LogP contribution in [-0.2, 0) is 9.53 Å². The minimum absolute atomic E-state index is 0.146. The third kappa shape index (κ3) is 4.80. The van der Waals surface area contributed by atoms with Gasteiger partial charge in [-0.05, 0) is 13.5 Å². The van der Waals surface area contributed by atoms with Crippen LogP contribution in [0.4, 0.5) is 0 Å². The molecule has 0 aromatic heterocycles. The lowest BCUT2D eigenvalue weighted by atomic mass is 10.1. The molecule has 0 aromatic carbocycles. The van der Waals surface area contributed by atoms with Crippen molar-refractivity contribution < 1.29 is 9.53 Å². The lowest BCUT2D eigenvalue weighted by molar-refractivity contribution is -0.145. The van der Waals surface area contributed by atoms with Crippen molar-refractivity contribution in [2.75, 3.05) is 20.7 Å². The number of esters is 1. The molecule has 0 radical (unpaired) electrons. The maximum Gasteiger partial charge on any atom is 0.309 e. The van der Waals surface area contributed by atoms with Gasteiger partial charge in [-0.25, -0.2) is 0 Å². The minimum Gasteiger partial charge on any atom is -0.469 e. The molecule has 0 heterocycles. The minimum atomic E-state index is -0.200. The van der Waals surface area contributed by atoms with Crippen LogP contribution in [-0.4, -0.2) is 37.6 Å². The van der Waals surface area contributed by atoms with Crippen molar-refractivity contribution in [3.05, 3.63) is 0 Å². The summed E-state index contributed by atoms with van der Waals surface area (Å²) in [6, 6.07) is 2.38. The van der Waals surface area contributed by atoms with Crippen molar-refractivity contribution in [2.24, 2.45) is 5.92 Å². The van der Waals surface area contributed by atoms with Gasteiger partial charge in [0.05, 0.1) is 25.5 Å². The first-order chi connectivity index (χ1) is 7.06. The molecule has 0 amide bonds. The van der Waals surface area contributed by atoms with Crippen molar-refractivity contribution in [2.45, 2.75) is 32.7 Å². The molecule has 0 N–H and O–H groups in total. The average Bonchev–Trinajstić information content (AvgIpc) is 2.24. The number of hydrogen-bond donors (Lipinski definition) is 0. The maximum absolute atomic E-state index is 11.2. The zero-order valence-electron chi connectivity index (χ0n) is 9.99. The third-order valence-electron chi connectivity index (χ3n) is 2.59. The number of nitriles is 1. The van der Waals surface area contributed by atoms with Gasteiger partial charge in [0, 0.05) is 12.6 Å². The number of carbonyl (C=O) groups excluding carboxylic acids is 1. The molecule has 0 saturated carbocycles. The fraction of sp³-hybridized carbons (Fsp3) is 0.818. The summed E-state index contributed by atoms with van der Waals surface area (Å²) in [4.78, 5) is 13.2. The van der Waals surface area contributed by atoms with Crippen LogP contribution in [0.2, 0.25) is 0 Å². The zero-order chi connectivity index (χ0) is 11.8. The van der Waals surface area contributed by atoms with Crippen LogP contribution in [0.5, 0.6) is 0 Å². The lowest BCUT2D eigenvalue weighted by Crippen LogP contribution is -2.36. The van der Waals surface area contributed by atoms with E-state index < -0.39 is 0 Å². The van der Waals surface area contributed by atoms with Gasteiger partial charge in [0.1, 0.15) is 0 Å². The fourth-order valence-corrected chi connectivity index (χ4v) is 1.57. The van der Waals surface area contributed by atoms with Gasteiger partial charge >= 0.3 is 5.97 Å². The van der Waals surface area contributed by atoms with Gasteiger partial charge in [-0.15, -0.1) is 0 Å². The highest BCUT2D eigenvalue weighted by Gasteiger charge is 2.19. The predicted octanol–water partition coefficient (Wildman–Crippen LogP) is 1.42. The summed E-state index contributed by atoms with van der Waals surface area (Å²) in [6.07, 6.45) is 1.42. The summed E-state index contributed by atoms with van der Waals surface area (Å²) in [7, 11) is 3.33. The van der Waals surface area contributed by atoms with E-state index in [9.17, 15) is 4.79 Å². The van der Waals surface area contributed by atoms with Gasteiger partial charge in [-0.1, -0.05) is 13.8 Å². The van der Waals surface area contributed by atoms with E-state index in [1.165, 1.54) is 7.11 Å². The summed E-state index contributed by atoms with van der Waals surface area (Å²) < 4.78 is 4.66. The Morgan fingerprint density at radius 2 is 2.20 bits per heavy atom. The van der Waals surface area contributed by atoms with Gasteiger partial charge < -0.3 is 9.64 Å². The summed E-state index contributed by atoms with van der Waals surface area (Å²) in [6.45, 7) is 4.51. The Bertz CT molecular complexity index is 235. The molecule has 0 aliphatic carbocycles. The van der Waals surface area contributed by atoms with Crippen molar-refractivity contribution >= 4 is 5.97 Å². The molecule has 4 nitrogen and oxygen atoms in total. The molecule has 86 valence electrons. The van der Waals surface area contributed by atoms with Crippen LogP contribution in [0.3, 0.4) is 0 Å². The first kappa shape index (κ1) is 13.9. The van der Waals surface area contributed by atoms with Crippen molar-refractivity contribution in [1.29, 1.82) is 5.26 Å². The highest BCUT2D eigenvalue weighted by molar-refractivity contribution is 5.72. The molecule has 0 bridgehead atoms. The van der Waals surface area contributed by atoms with Crippen LogP contribution in [0.15, 0.2) is 0 Å². The van der Waals surface area contributed by atoms with Gasteiger partial charge in [-0.2, -0.15) is 5.26 Å². The molecule has 0 aliphatic heterocycles. The van der Waals surface area contributed by atoms with Gasteiger partial charge in [-0.3, -0.25) is 4.79 Å². The second-order valence-electron chi connectivity index (χ2n) is 3.79. The standard InChI is InChI=1S/C11H20N2O2/c1-5-10(6-7-12)13(3)8-9(2)11(14)15-4/h9-10H,5-6,8H2,1-4H3. The molecule has 0 rings (SSSR count). The van der Waals surface area contributed by atoms with Crippen LogP contribution >= 0.6 is 0 Å². The molecule has 2 unspecified atom stereocenters. The van der Waals surface area contributed by atoms with Crippen molar-refractivity contribution in [3.8, 4) is 6.07 Å². The molecular weight excluding hydrogens is 192 g/mol. The smallest absolute Gasteiger partial charge is 0.309 e. The van der Waals surface area contributed by atoms with E-state index in [2.05, 4.69) is 10.8 Å². The first-order valence-electron chi connectivity index (χ1n) is 5.21. The SMILES string of the molecule is CCC(CC#N)N(C)CC(C)C(=O)OC. The first-order valence-corrected chi connectivity index (χ1v) is 5.21. The monoisotopic (exact) mass is 212 g/mol. The Balaban J connectivity index is 4.15. The van der Waals surface area contributed by atoms with E-state index in [1.54, 1.807) is 0 Å². The summed E-state index contributed by atoms with van der Waals surface area (Å²) in [5, 5.41) is 8.64. The number of ether oxygens (including phenoxy) is 1. The van der Waals surface area contributed by atoms with E-state index in [1.807, 2.05) is 25.8 Å². The van der Waals surface area contributed by atoms with Crippen molar-refractivity contribution in [3.63, 3.8) is 0 Å². The number of carbonyl (C=O) groups is 1. The number of hydrogen-bond acceptors (Lipinski definition) is 4. The normalized spacial score (nSPS) is 14.4. The molecule has 0 aromatic rings. The van der Waals surface area contributed by atoms with Crippen molar-refractivity contribution in [1.82, 2.24) is 4.90 Å². The Morgan fingerprint density at radius 1 is 1.60 bits per heavy atom. The average molecular weight is 212 g/mol. The van der Waals surface area contributed by atoms with Gasteiger partial charge in [0.25, 0.3) is 0 Å². The molecule has 15 heavy (non-hydrogen) atoms. The Labute approximate surface area is 91.8 Å². The zero-order valence-corrected chi connectivity index (χ0v) is 9.99. The molecule has 2 atom stereocenters.